The highest BCUT2D eigenvalue weighted by atomic mass is 16.5. The van der Waals surface area contributed by atoms with Crippen molar-refractivity contribution in [3.63, 3.8) is 0 Å². The Morgan fingerprint density at radius 1 is 0.898 bits per heavy atom. The number of esters is 2. The van der Waals surface area contributed by atoms with Gasteiger partial charge in [-0.1, -0.05) is 30.3 Å². The van der Waals surface area contributed by atoms with Crippen LogP contribution >= 0.6 is 0 Å². The summed E-state index contributed by atoms with van der Waals surface area (Å²) in [7, 11) is 4.25. The highest BCUT2D eigenvalue weighted by Gasteiger charge is 2.42. The highest BCUT2D eigenvalue weighted by molar-refractivity contribution is 6.02. The highest BCUT2D eigenvalue weighted by Crippen LogP contribution is 2.36. The Hall–Kier alpha value is -5.30. The fourth-order valence-corrected chi connectivity index (χ4v) is 7.02. The first-order valence-electron chi connectivity index (χ1n) is 16.2. The zero-order valence-electron chi connectivity index (χ0n) is 27.7. The van der Waals surface area contributed by atoms with Gasteiger partial charge in [0.2, 0.25) is 5.91 Å². The molecular formula is C36H39N5O8. The van der Waals surface area contributed by atoms with Gasteiger partial charge in [-0.25, -0.2) is 14.6 Å². The Balaban J connectivity index is 1.18. The van der Waals surface area contributed by atoms with Crippen molar-refractivity contribution >= 4 is 34.8 Å². The molecular weight excluding hydrogens is 630 g/mol. The van der Waals surface area contributed by atoms with Crippen LogP contribution in [0.4, 0.5) is 0 Å². The lowest BCUT2D eigenvalue weighted by Crippen LogP contribution is -2.53. The van der Waals surface area contributed by atoms with Gasteiger partial charge in [-0.15, -0.1) is 0 Å². The van der Waals surface area contributed by atoms with Crippen LogP contribution in [0, 0.1) is 5.92 Å². The topological polar surface area (TPSA) is 153 Å². The Morgan fingerprint density at radius 2 is 1.53 bits per heavy atom. The first-order chi connectivity index (χ1) is 23.5. The Morgan fingerprint density at radius 3 is 2.16 bits per heavy atom. The van der Waals surface area contributed by atoms with Gasteiger partial charge in [-0.2, -0.15) is 0 Å². The fraction of sp³-hybridized carbons (Fsp3) is 0.389. The number of ether oxygens (including phenoxy) is 2. The molecule has 2 atom stereocenters. The summed E-state index contributed by atoms with van der Waals surface area (Å²) in [6, 6.07) is 15.4. The van der Waals surface area contributed by atoms with E-state index in [0.29, 0.717) is 43.4 Å². The van der Waals surface area contributed by atoms with Crippen molar-refractivity contribution in [1.29, 1.82) is 0 Å². The minimum absolute atomic E-state index is 0.0465. The lowest BCUT2D eigenvalue weighted by atomic mass is 9.79. The van der Waals surface area contributed by atoms with Crippen LogP contribution in [-0.4, -0.2) is 98.8 Å². The number of nitrogens with zero attached hydrogens (tertiary/aromatic N) is 5. The van der Waals surface area contributed by atoms with Gasteiger partial charge >= 0.3 is 11.9 Å². The molecule has 2 aliphatic rings. The molecule has 13 nitrogen and oxygen atoms in total. The van der Waals surface area contributed by atoms with Gasteiger partial charge in [0.25, 0.3) is 11.5 Å². The van der Waals surface area contributed by atoms with E-state index in [1.807, 2.05) is 37.4 Å². The van der Waals surface area contributed by atoms with Gasteiger partial charge < -0.3 is 28.9 Å². The molecule has 0 spiro atoms. The van der Waals surface area contributed by atoms with E-state index >= 15 is 0 Å². The second kappa shape index (κ2) is 13.7. The van der Waals surface area contributed by atoms with Crippen molar-refractivity contribution < 1.29 is 33.8 Å². The van der Waals surface area contributed by atoms with E-state index in [9.17, 15) is 29.1 Å². The van der Waals surface area contributed by atoms with Crippen molar-refractivity contribution in [2.24, 2.45) is 13.0 Å². The summed E-state index contributed by atoms with van der Waals surface area (Å²) in [5.74, 6) is -2.56. The lowest BCUT2D eigenvalue weighted by molar-refractivity contribution is -0.142. The molecule has 0 radical (unpaired) electrons. The fourth-order valence-electron chi connectivity index (χ4n) is 7.02. The maximum atomic E-state index is 14.1. The molecule has 0 aliphatic carbocycles. The van der Waals surface area contributed by atoms with E-state index in [2.05, 4.69) is 4.98 Å². The molecule has 256 valence electrons. The van der Waals surface area contributed by atoms with E-state index in [-0.39, 0.29) is 59.6 Å². The maximum absolute atomic E-state index is 14.1. The van der Waals surface area contributed by atoms with Crippen LogP contribution in [0.2, 0.25) is 0 Å². The Bertz CT molecular complexity index is 1930. The molecule has 2 aromatic heterocycles. The van der Waals surface area contributed by atoms with Crippen molar-refractivity contribution in [1.82, 2.24) is 23.9 Å². The first-order valence-corrected chi connectivity index (χ1v) is 16.2. The number of aliphatic hydroxyl groups is 1. The SMILES string of the molecule is COC(=O)c1cc(C(=O)OC)cc(C(=O)N2CC[C@@H](C(=O)N3CCC(O)(Cn4cnc5c(ccn5C)c4=O)CC3)[C@H](c3ccccc3)C2)c1. The van der Waals surface area contributed by atoms with Crippen LogP contribution in [0.25, 0.3) is 11.0 Å². The van der Waals surface area contributed by atoms with Crippen LogP contribution < -0.4 is 5.56 Å². The van der Waals surface area contributed by atoms with Gasteiger partial charge in [0.15, 0.2) is 0 Å². The minimum Gasteiger partial charge on any atom is -0.465 e. The molecule has 0 unspecified atom stereocenters. The number of aromatic nitrogens is 3. The summed E-state index contributed by atoms with van der Waals surface area (Å²) in [5.41, 5.74) is 0.319. The summed E-state index contributed by atoms with van der Waals surface area (Å²) >= 11 is 0. The molecule has 2 fully saturated rings. The molecule has 2 aliphatic heterocycles. The van der Waals surface area contributed by atoms with E-state index < -0.39 is 23.5 Å². The molecule has 4 heterocycles. The number of hydrogen-bond donors (Lipinski definition) is 1. The molecule has 2 saturated heterocycles. The van der Waals surface area contributed by atoms with Crippen molar-refractivity contribution in [3.8, 4) is 0 Å². The van der Waals surface area contributed by atoms with Crippen molar-refractivity contribution in [3.05, 3.63) is 99.7 Å². The number of piperidine rings is 2. The summed E-state index contributed by atoms with van der Waals surface area (Å²) in [6.07, 6.45) is 4.22. The normalized spacial score (nSPS) is 19.0. The smallest absolute Gasteiger partial charge is 0.337 e. The van der Waals surface area contributed by atoms with Gasteiger partial charge in [0.05, 0.1) is 42.9 Å². The number of hydrogen-bond acceptors (Lipinski definition) is 9. The Kier molecular flexibility index (Phi) is 9.37. The second-order valence-corrected chi connectivity index (χ2v) is 12.8. The Labute approximate surface area is 282 Å². The third-order valence-electron chi connectivity index (χ3n) is 9.79. The monoisotopic (exact) mass is 669 g/mol. The predicted octanol–water partition coefficient (Wildman–Crippen LogP) is 2.61. The van der Waals surface area contributed by atoms with Crippen LogP contribution in [0.5, 0.6) is 0 Å². The molecule has 0 bridgehead atoms. The second-order valence-electron chi connectivity index (χ2n) is 12.8. The quantitative estimate of drug-likeness (QED) is 0.293. The summed E-state index contributed by atoms with van der Waals surface area (Å²) in [5, 5.41) is 12.0. The molecule has 0 saturated carbocycles. The molecule has 13 heteroatoms. The van der Waals surface area contributed by atoms with Gasteiger partial charge in [0.1, 0.15) is 12.0 Å². The third-order valence-corrected chi connectivity index (χ3v) is 9.79. The minimum atomic E-state index is -1.18. The average Bonchev–Trinajstić information content (AvgIpc) is 3.52. The average molecular weight is 670 g/mol. The van der Waals surface area contributed by atoms with Crippen LogP contribution in [0.1, 0.15) is 61.8 Å². The number of benzene rings is 2. The molecule has 2 amide bonds. The van der Waals surface area contributed by atoms with Crippen LogP contribution in [-0.2, 0) is 27.9 Å². The molecule has 49 heavy (non-hydrogen) atoms. The number of fused-ring (bicyclic) bond motifs is 1. The van der Waals surface area contributed by atoms with E-state index in [1.54, 1.807) is 26.6 Å². The van der Waals surface area contributed by atoms with E-state index in [4.69, 9.17) is 9.47 Å². The number of amides is 2. The molecule has 1 N–H and O–H groups in total. The molecule has 4 aromatic rings. The standard InChI is InChI=1S/C36H39N5O8/c1-38-13-9-28-30(38)37-22-41(33(28)44)21-36(47)11-15-39(16-12-36)32(43)27-10-14-40(20-29(27)23-7-5-4-6-8-23)31(42)24-17-25(34(45)48-2)19-26(18-24)35(46)49-3/h4-9,13,17-19,22,27,29,47H,10-12,14-16,20-21H2,1-3H3/t27-,29+/m1/s1. The van der Waals surface area contributed by atoms with Crippen molar-refractivity contribution in [2.75, 3.05) is 40.4 Å². The number of aryl methyl sites for hydroxylation is 1. The van der Waals surface area contributed by atoms with E-state index in [1.165, 1.54) is 43.3 Å². The summed E-state index contributed by atoms with van der Waals surface area (Å²) in [4.78, 5) is 73.6. The number of carbonyl (C=O) groups is 4. The van der Waals surface area contributed by atoms with Crippen LogP contribution in [0.15, 0.2) is 71.9 Å². The largest absolute Gasteiger partial charge is 0.465 e. The molecule has 6 rings (SSSR count). The molecule has 2 aromatic carbocycles. The summed E-state index contributed by atoms with van der Waals surface area (Å²) in [6.45, 7) is 1.24. The zero-order valence-corrected chi connectivity index (χ0v) is 27.7. The number of likely N-dealkylation sites (tertiary alicyclic amines) is 2. The van der Waals surface area contributed by atoms with Gasteiger partial charge in [-0.05, 0) is 49.1 Å². The number of carbonyl (C=O) groups excluding carboxylic acids is 4. The van der Waals surface area contributed by atoms with Crippen molar-refractivity contribution in [2.45, 2.75) is 37.3 Å². The lowest BCUT2D eigenvalue weighted by Gasteiger charge is -2.43. The number of rotatable bonds is 7. The van der Waals surface area contributed by atoms with Gasteiger partial charge in [0, 0.05) is 56.8 Å². The van der Waals surface area contributed by atoms with E-state index in [0.717, 1.165) is 5.56 Å². The zero-order chi connectivity index (χ0) is 34.9. The summed E-state index contributed by atoms with van der Waals surface area (Å²) < 4.78 is 12.9. The first kappa shape index (κ1) is 33.6. The van der Waals surface area contributed by atoms with Gasteiger partial charge in [-0.3, -0.25) is 19.0 Å². The predicted molar refractivity (Wildman–Crippen MR) is 178 cm³/mol. The maximum Gasteiger partial charge on any atom is 0.337 e. The number of methoxy groups -OCH3 is 2. The third kappa shape index (κ3) is 6.71. The van der Waals surface area contributed by atoms with Crippen LogP contribution in [0.3, 0.4) is 0 Å².